The molecular formula is C16H36N2O. The van der Waals surface area contributed by atoms with Crippen LogP contribution in [0.15, 0.2) is 0 Å². The molecule has 0 aromatic rings. The maximum atomic E-state index is 9.37. The number of aliphatic hydroxyl groups is 1. The molecule has 0 saturated heterocycles. The van der Waals surface area contributed by atoms with E-state index in [1.54, 1.807) is 0 Å². The van der Waals surface area contributed by atoms with Crippen LogP contribution < -0.4 is 5.32 Å². The Kier molecular flexibility index (Phi) is 8.18. The number of nitrogens with one attached hydrogen (secondary N) is 1. The fourth-order valence-corrected chi connectivity index (χ4v) is 2.44. The number of nitrogens with zero attached hydrogens (tertiary/aromatic N) is 1. The second kappa shape index (κ2) is 8.23. The molecule has 0 aliphatic rings. The average molecular weight is 272 g/mol. The van der Waals surface area contributed by atoms with Gasteiger partial charge < -0.3 is 15.3 Å². The predicted octanol–water partition coefficient (Wildman–Crippen LogP) is 2.88. The van der Waals surface area contributed by atoms with Crippen molar-refractivity contribution in [2.45, 2.75) is 72.4 Å². The summed E-state index contributed by atoms with van der Waals surface area (Å²) in [5, 5.41) is 13.0. The molecule has 3 nitrogen and oxygen atoms in total. The van der Waals surface area contributed by atoms with E-state index in [-0.39, 0.29) is 11.6 Å². The molecular weight excluding hydrogens is 236 g/mol. The predicted molar refractivity (Wildman–Crippen MR) is 84.6 cm³/mol. The molecule has 2 N–H and O–H groups in total. The van der Waals surface area contributed by atoms with Crippen LogP contribution >= 0.6 is 0 Å². The van der Waals surface area contributed by atoms with Crippen LogP contribution in [-0.4, -0.2) is 48.3 Å². The fraction of sp³-hybridized carbons (Fsp3) is 1.00. The summed E-state index contributed by atoms with van der Waals surface area (Å²) in [6.45, 7) is 16.2. The van der Waals surface area contributed by atoms with Gasteiger partial charge in [0.25, 0.3) is 0 Å². The number of hydrogen-bond acceptors (Lipinski definition) is 3. The van der Waals surface area contributed by atoms with Crippen molar-refractivity contribution in [1.29, 1.82) is 0 Å². The summed E-state index contributed by atoms with van der Waals surface area (Å²) in [6, 6.07) is 0. The molecule has 3 heteroatoms. The van der Waals surface area contributed by atoms with Gasteiger partial charge in [0.15, 0.2) is 0 Å². The van der Waals surface area contributed by atoms with Gasteiger partial charge in [-0.05, 0) is 53.0 Å². The van der Waals surface area contributed by atoms with Gasteiger partial charge in [-0.1, -0.05) is 20.3 Å². The smallest absolute Gasteiger partial charge is 0.0524 e. The van der Waals surface area contributed by atoms with Crippen LogP contribution in [0.1, 0.15) is 60.8 Å². The van der Waals surface area contributed by atoms with Gasteiger partial charge in [-0.25, -0.2) is 0 Å². The second-order valence-corrected chi connectivity index (χ2v) is 7.54. The van der Waals surface area contributed by atoms with E-state index in [4.69, 9.17) is 0 Å². The third-order valence-electron chi connectivity index (χ3n) is 3.48. The van der Waals surface area contributed by atoms with Crippen molar-refractivity contribution in [3.8, 4) is 0 Å². The van der Waals surface area contributed by atoms with Crippen LogP contribution in [0.5, 0.6) is 0 Å². The summed E-state index contributed by atoms with van der Waals surface area (Å²) in [6.07, 6.45) is 3.10. The van der Waals surface area contributed by atoms with Crippen molar-refractivity contribution >= 4 is 0 Å². The largest absolute Gasteiger partial charge is 0.393 e. The Balaban J connectivity index is 4.35. The summed E-state index contributed by atoms with van der Waals surface area (Å²) in [4.78, 5) is 2.35. The molecule has 0 aliphatic carbocycles. The van der Waals surface area contributed by atoms with Gasteiger partial charge in [0.05, 0.1) is 6.10 Å². The summed E-state index contributed by atoms with van der Waals surface area (Å²) in [5.74, 6) is 0. The lowest BCUT2D eigenvalue weighted by atomic mass is 9.84. The van der Waals surface area contributed by atoms with Crippen molar-refractivity contribution in [3.05, 3.63) is 0 Å². The van der Waals surface area contributed by atoms with Crippen molar-refractivity contribution in [3.63, 3.8) is 0 Å². The molecule has 0 aromatic heterocycles. The zero-order valence-electron chi connectivity index (χ0n) is 14.2. The second-order valence-electron chi connectivity index (χ2n) is 7.54. The minimum absolute atomic E-state index is 0.174. The zero-order chi connectivity index (χ0) is 15.1. The zero-order valence-corrected chi connectivity index (χ0v) is 14.2. The molecule has 0 aromatic carbocycles. The molecule has 2 atom stereocenters. The van der Waals surface area contributed by atoms with Gasteiger partial charge in [-0.3, -0.25) is 0 Å². The van der Waals surface area contributed by atoms with Gasteiger partial charge >= 0.3 is 0 Å². The van der Waals surface area contributed by atoms with Gasteiger partial charge in [0, 0.05) is 25.2 Å². The van der Waals surface area contributed by atoms with Crippen LogP contribution in [0.25, 0.3) is 0 Å². The lowest BCUT2D eigenvalue weighted by molar-refractivity contribution is 0.130. The molecule has 0 bridgehead atoms. The van der Waals surface area contributed by atoms with Crippen LogP contribution in [0.4, 0.5) is 0 Å². The van der Waals surface area contributed by atoms with E-state index >= 15 is 0 Å². The fourth-order valence-electron chi connectivity index (χ4n) is 2.44. The Morgan fingerprint density at radius 2 is 1.79 bits per heavy atom. The Morgan fingerprint density at radius 3 is 2.21 bits per heavy atom. The van der Waals surface area contributed by atoms with Gasteiger partial charge in [-0.15, -0.1) is 0 Å². The molecule has 0 aliphatic heterocycles. The lowest BCUT2D eigenvalue weighted by Crippen LogP contribution is -2.47. The summed E-state index contributed by atoms with van der Waals surface area (Å²) >= 11 is 0. The minimum Gasteiger partial charge on any atom is -0.393 e. The average Bonchev–Trinajstić information content (AvgIpc) is 2.23. The van der Waals surface area contributed by atoms with Crippen LogP contribution in [0.3, 0.4) is 0 Å². The monoisotopic (exact) mass is 272 g/mol. The van der Waals surface area contributed by atoms with Crippen molar-refractivity contribution in [1.82, 2.24) is 10.2 Å². The maximum absolute atomic E-state index is 9.37. The normalized spacial score (nSPS) is 17.5. The highest BCUT2D eigenvalue weighted by molar-refractivity contribution is 4.83. The van der Waals surface area contributed by atoms with Crippen LogP contribution in [0.2, 0.25) is 0 Å². The first-order valence-electron chi connectivity index (χ1n) is 7.69. The standard InChI is InChI=1S/C16H36N2O/c1-8-10-16(6,12-17-15(3,4)5)13-18(7)11-9-14(2)19/h14,17,19H,8-13H2,1-7H3. The topological polar surface area (TPSA) is 35.5 Å². The Labute approximate surface area is 120 Å². The Morgan fingerprint density at radius 1 is 1.21 bits per heavy atom. The maximum Gasteiger partial charge on any atom is 0.0524 e. The minimum atomic E-state index is -0.201. The van der Waals surface area contributed by atoms with Crippen molar-refractivity contribution < 1.29 is 5.11 Å². The van der Waals surface area contributed by atoms with Gasteiger partial charge in [0.2, 0.25) is 0 Å². The molecule has 116 valence electrons. The van der Waals surface area contributed by atoms with Crippen LogP contribution in [-0.2, 0) is 0 Å². The molecule has 19 heavy (non-hydrogen) atoms. The highest BCUT2D eigenvalue weighted by atomic mass is 16.3. The summed E-state index contributed by atoms with van der Waals surface area (Å²) in [7, 11) is 2.16. The Bertz CT molecular complexity index is 235. The number of rotatable bonds is 9. The molecule has 0 heterocycles. The highest BCUT2D eigenvalue weighted by Crippen LogP contribution is 2.24. The van der Waals surface area contributed by atoms with E-state index in [1.165, 1.54) is 12.8 Å². The van der Waals surface area contributed by atoms with E-state index in [0.29, 0.717) is 5.41 Å². The first-order valence-corrected chi connectivity index (χ1v) is 7.69. The van der Waals surface area contributed by atoms with E-state index in [9.17, 15) is 5.11 Å². The molecule has 2 unspecified atom stereocenters. The molecule has 0 rings (SSSR count). The lowest BCUT2D eigenvalue weighted by Gasteiger charge is -2.37. The van der Waals surface area contributed by atoms with E-state index in [2.05, 4.69) is 51.9 Å². The number of hydrogen-bond donors (Lipinski definition) is 2. The summed E-state index contributed by atoms with van der Waals surface area (Å²) in [5.41, 5.74) is 0.475. The van der Waals surface area contributed by atoms with E-state index < -0.39 is 0 Å². The van der Waals surface area contributed by atoms with Crippen molar-refractivity contribution in [2.24, 2.45) is 5.41 Å². The first kappa shape index (κ1) is 18.9. The van der Waals surface area contributed by atoms with Crippen LogP contribution in [0, 0.1) is 5.41 Å². The highest BCUT2D eigenvalue weighted by Gasteiger charge is 2.26. The third-order valence-corrected chi connectivity index (χ3v) is 3.48. The SMILES string of the molecule is CCCC(C)(CNC(C)(C)C)CN(C)CCC(C)O. The number of aliphatic hydroxyl groups excluding tert-OH is 1. The molecule has 0 radical (unpaired) electrons. The van der Waals surface area contributed by atoms with Gasteiger partial charge in [-0.2, -0.15) is 0 Å². The Hall–Kier alpha value is -0.120. The van der Waals surface area contributed by atoms with E-state index in [1.807, 2.05) is 6.92 Å². The quantitative estimate of drug-likeness (QED) is 0.677. The molecule has 0 fully saturated rings. The first-order chi connectivity index (χ1) is 8.58. The van der Waals surface area contributed by atoms with E-state index in [0.717, 1.165) is 26.1 Å². The van der Waals surface area contributed by atoms with Gasteiger partial charge in [0.1, 0.15) is 0 Å². The molecule has 0 amide bonds. The molecule has 0 spiro atoms. The molecule has 0 saturated carbocycles. The summed E-state index contributed by atoms with van der Waals surface area (Å²) < 4.78 is 0. The third kappa shape index (κ3) is 10.3. The van der Waals surface area contributed by atoms with Crippen molar-refractivity contribution in [2.75, 3.05) is 26.7 Å².